The maximum Gasteiger partial charge on any atom is 0.319 e. The van der Waals surface area contributed by atoms with Crippen molar-refractivity contribution in [2.75, 3.05) is 32.6 Å². The van der Waals surface area contributed by atoms with E-state index in [1.165, 1.54) is 37.6 Å². The van der Waals surface area contributed by atoms with E-state index in [4.69, 9.17) is 10.5 Å². The fraction of sp³-hybridized carbons (Fsp3) is 0.333. The molecule has 1 aliphatic rings. The van der Waals surface area contributed by atoms with Crippen molar-refractivity contribution >= 4 is 29.4 Å². The van der Waals surface area contributed by atoms with Gasteiger partial charge in [-0.05, 0) is 18.6 Å². The van der Waals surface area contributed by atoms with Gasteiger partial charge < -0.3 is 30.9 Å². The standard InChI is InChI=1S/C21H25N7O5/c1-27(12-18(22)29)20(31)17-9-14(11-28(17)19(30)16-10-23-6-7-24-16)26-21(32)25-13-4-3-5-15(8-13)33-2/h3-8,10,14,17H,9,11-12H2,1-2H3,(H2,22,29)(H2,25,26,32). The van der Waals surface area contributed by atoms with Crippen LogP contribution in [-0.4, -0.2) is 82.9 Å². The quantitative estimate of drug-likeness (QED) is 0.523. The smallest absolute Gasteiger partial charge is 0.319 e. The molecule has 1 saturated heterocycles. The molecule has 3 rings (SSSR count). The molecule has 174 valence electrons. The van der Waals surface area contributed by atoms with Gasteiger partial charge in [0.1, 0.15) is 17.5 Å². The SMILES string of the molecule is COc1cccc(NC(=O)NC2CC(C(=O)N(C)CC(N)=O)N(C(=O)c3cnccn3)C2)c1. The largest absolute Gasteiger partial charge is 0.497 e. The van der Waals surface area contributed by atoms with Crippen molar-refractivity contribution in [2.45, 2.75) is 18.5 Å². The van der Waals surface area contributed by atoms with E-state index in [1.54, 1.807) is 24.3 Å². The third-order valence-corrected chi connectivity index (χ3v) is 5.06. The highest BCUT2D eigenvalue weighted by Crippen LogP contribution is 2.22. The number of primary amides is 1. The molecule has 5 amide bonds. The number of nitrogens with two attached hydrogens (primary N) is 1. The number of aromatic nitrogens is 2. The lowest BCUT2D eigenvalue weighted by Gasteiger charge is -2.26. The first-order chi connectivity index (χ1) is 15.8. The summed E-state index contributed by atoms with van der Waals surface area (Å²) in [5.74, 6) is -1.07. The number of amides is 5. The monoisotopic (exact) mass is 455 g/mol. The van der Waals surface area contributed by atoms with Gasteiger partial charge in [-0.25, -0.2) is 9.78 Å². The lowest BCUT2D eigenvalue weighted by molar-refractivity contribution is -0.137. The summed E-state index contributed by atoms with van der Waals surface area (Å²) in [4.78, 5) is 60.1. The summed E-state index contributed by atoms with van der Waals surface area (Å²) in [6.07, 6.45) is 4.25. The first-order valence-electron chi connectivity index (χ1n) is 10.1. The molecule has 0 radical (unpaired) electrons. The molecule has 33 heavy (non-hydrogen) atoms. The number of nitrogens with zero attached hydrogens (tertiary/aromatic N) is 4. The minimum absolute atomic E-state index is 0.0642. The first-order valence-corrected chi connectivity index (χ1v) is 10.1. The van der Waals surface area contributed by atoms with Gasteiger partial charge in [-0.15, -0.1) is 0 Å². The Balaban J connectivity index is 1.74. The third kappa shape index (κ3) is 5.93. The zero-order valence-electron chi connectivity index (χ0n) is 18.2. The number of carbonyl (C=O) groups excluding carboxylic acids is 4. The van der Waals surface area contributed by atoms with Gasteiger partial charge in [-0.1, -0.05) is 6.07 Å². The molecule has 1 aromatic heterocycles. The molecule has 0 aliphatic carbocycles. The van der Waals surface area contributed by atoms with Crippen molar-refractivity contribution < 1.29 is 23.9 Å². The molecule has 0 bridgehead atoms. The maximum atomic E-state index is 13.0. The number of carbonyl (C=O) groups is 4. The molecule has 0 spiro atoms. The van der Waals surface area contributed by atoms with Crippen LogP contribution in [0.25, 0.3) is 0 Å². The normalized spacial score (nSPS) is 17.2. The second-order valence-corrected chi connectivity index (χ2v) is 7.49. The van der Waals surface area contributed by atoms with Gasteiger partial charge in [0.05, 0.1) is 25.9 Å². The van der Waals surface area contributed by atoms with Gasteiger partial charge in [-0.2, -0.15) is 0 Å². The molecule has 2 atom stereocenters. The summed E-state index contributed by atoms with van der Waals surface area (Å²) in [7, 11) is 2.95. The number of urea groups is 1. The summed E-state index contributed by atoms with van der Waals surface area (Å²) in [6, 6.07) is 4.90. The van der Waals surface area contributed by atoms with E-state index in [1.807, 2.05) is 0 Å². The zero-order valence-corrected chi connectivity index (χ0v) is 18.2. The Labute approximate surface area is 190 Å². The minimum atomic E-state index is -0.911. The van der Waals surface area contributed by atoms with Crippen LogP contribution >= 0.6 is 0 Å². The van der Waals surface area contributed by atoms with Gasteiger partial charge in [0, 0.05) is 37.7 Å². The Kier molecular flexibility index (Phi) is 7.38. The average Bonchev–Trinajstić information content (AvgIpc) is 3.21. The first kappa shape index (κ1) is 23.4. The number of ether oxygens (including phenoxy) is 1. The Bertz CT molecular complexity index is 1030. The summed E-state index contributed by atoms with van der Waals surface area (Å²) in [6.45, 7) is -0.224. The van der Waals surface area contributed by atoms with Crippen molar-refractivity contribution in [3.8, 4) is 5.75 Å². The number of hydrogen-bond acceptors (Lipinski definition) is 7. The van der Waals surface area contributed by atoms with Crippen LogP contribution in [0.15, 0.2) is 42.9 Å². The van der Waals surface area contributed by atoms with Gasteiger partial charge in [0.25, 0.3) is 5.91 Å². The molecular formula is C21H25N7O5. The second kappa shape index (κ2) is 10.4. The van der Waals surface area contributed by atoms with Crippen molar-refractivity contribution in [1.82, 2.24) is 25.1 Å². The van der Waals surface area contributed by atoms with Crippen LogP contribution in [0.4, 0.5) is 10.5 Å². The number of benzene rings is 1. The summed E-state index contributed by atoms with van der Waals surface area (Å²) in [5.41, 5.74) is 5.78. The average molecular weight is 455 g/mol. The number of rotatable bonds is 7. The van der Waals surface area contributed by atoms with Crippen molar-refractivity contribution in [3.05, 3.63) is 48.5 Å². The number of nitrogens with one attached hydrogen (secondary N) is 2. The van der Waals surface area contributed by atoms with Gasteiger partial charge in [-0.3, -0.25) is 19.4 Å². The fourth-order valence-electron chi connectivity index (χ4n) is 3.58. The Hall–Kier alpha value is -4.22. The summed E-state index contributed by atoms with van der Waals surface area (Å²) in [5, 5.41) is 5.48. The molecule has 4 N–H and O–H groups in total. The van der Waals surface area contributed by atoms with Crippen LogP contribution in [0.2, 0.25) is 0 Å². The molecule has 2 aromatic rings. The van der Waals surface area contributed by atoms with Crippen LogP contribution in [-0.2, 0) is 9.59 Å². The molecule has 2 unspecified atom stereocenters. The van der Waals surface area contributed by atoms with Gasteiger partial charge in [0.2, 0.25) is 11.8 Å². The molecule has 12 nitrogen and oxygen atoms in total. The van der Waals surface area contributed by atoms with Crippen LogP contribution in [0.3, 0.4) is 0 Å². The van der Waals surface area contributed by atoms with Gasteiger partial charge >= 0.3 is 6.03 Å². The van der Waals surface area contributed by atoms with Crippen molar-refractivity contribution in [2.24, 2.45) is 5.73 Å². The maximum absolute atomic E-state index is 13.0. The minimum Gasteiger partial charge on any atom is -0.497 e. The molecule has 12 heteroatoms. The number of likely N-dealkylation sites (N-methyl/N-ethyl adjacent to an activating group) is 1. The lowest BCUT2D eigenvalue weighted by Crippen LogP contribution is -2.48. The van der Waals surface area contributed by atoms with Crippen LogP contribution in [0.5, 0.6) is 5.75 Å². The second-order valence-electron chi connectivity index (χ2n) is 7.49. The predicted octanol–water partition coefficient (Wildman–Crippen LogP) is -0.166. The van der Waals surface area contributed by atoms with E-state index in [0.717, 1.165) is 4.90 Å². The van der Waals surface area contributed by atoms with E-state index >= 15 is 0 Å². The van der Waals surface area contributed by atoms with E-state index in [2.05, 4.69) is 20.6 Å². The molecule has 1 aromatic carbocycles. The van der Waals surface area contributed by atoms with Gasteiger partial charge in [0.15, 0.2) is 0 Å². The number of methoxy groups -OCH3 is 1. The molecule has 2 heterocycles. The van der Waals surface area contributed by atoms with Crippen molar-refractivity contribution in [3.63, 3.8) is 0 Å². The molecule has 1 fully saturated rings. The van der Waals surface area contributed by atoms with Crippen LogP contribution < -0.4 is 21.1 Å². The lowest BCUT2D eigenvalue weighted by atomic mass is 10.1. The van der Waals surface area contributed by atoms with E-state index < -0.39 is 35.8 Å². The highest BCUT2D eigenvalue weighted by molar-refractivity contribution is 5.97. The Morgan fingerprint density at radius 1 is 1.27 bits per heavy atom. The van der Waals surface area contributed by atoms with Crippen molar-refractivity contribution in [1.29, 1.82) is 0 Å². The third-order valence-electron chi connectivity index (χ3n) is 5.06. The highest BCUT2D eigenvalue weighted by Gasteiger charge is 2.42. The number of likely N-dealkylation sites (tertiary alicyclic amines) is 1. The summed E-state index contributed by atoms with van der Waals surface area (Å²) < 4.78 is 5.14. The van der Waals surface area contributed by atoms with Crippen LogP contribution in [0.1, 0.15) is 16.9 Å². The molecule has 1 aliphatic heterocycles. The molecular weight excluding hydrogens is 430 g/mol. The molecule has 0 saturated carbocycles. The Morgan fingerprint density at radius 3 is 2.73 bits per heavy atom. The summed E-state index contributed by atoms with van der Waals surface area (Å²) >= 11 is 0. The number of hydrogen-bond donors (Lipinski definition) is 3. The highest BCUT2D eigenvalue weighted by atomic mass is 16.5. The Morgan fingerprint density at radius 2 is 2.06 bits per heavy atom. The zero-order chi connectivity index (χ0) is 24.0. The van der Waals surface area contributed by atoms with E-state index in [9.17, 15) is 19.2 Å². The topological polar surface area (TPSA) is 160 Å². The van der Waals surface area contributed by atoms with E-state index in [-0.39, 0.29) is 25.2 Å². The van der Waals surface area contributed by atoms with E-state index in [0.29, 0.717) is 11.4 Å². The fourth-order valence-corrected chi connectivity index (χ4v) is 3.58. The number of anilines is 1. The predicted molar refractivity (Wildman–Crippen MR) is 117 cm³/mol. The van der Waals surface area contributed by atoms with Crippen LogP contribution in [0, 0.1) is 0 Å².